The van der Waals surface area contributed by atoms with Crippen molar-refractivity contribution in [3.63, 3.8) is 0 Å². The van der Waals surface area contributed by atoms with Crippen LogP contribution >= 0.6 is 0 Å². The van der Waals surface area contributed by atoms with Gasteiger partial charge in [0, 0.05) is 12.5 Å². The largest absolute Gasteiger partial charge is 0.436 e. The maximum atomic E-state index is 12.1. The van der Waals surface area contributed by atoms with Crippen LogP contribution in [0.15, 0.2) is 0 Å². The van der Waals surface area contributed by atoms with Gasteiger partial charge in [0.25, 0.3) is 5.91 Å². The highest BCUT2D eigenvalue weighted by molar-refractivity contribution is 5.84. The van der Waals surface area contributed by atoms with E-state index >= 15 is 0 Å². The Morgan fingerprint density at radius 2 is 2.23 bits per heavy atom. The van der Waals surface area contributed by atoms with Gasteiger partial charge in [0.15, 0.2) is 6.10 Å². The van der Waals surface area contributed by atoms with Crippen LogP contribution in [-0.2, 0) is 14.3 Å². The second-order valence-electron chi connectivity index (χ2n) is 5.76. The first-order chi connectivity index (χ1) is 10.3. The first kappa shape index (κ1) is 17.8. The molecule has 1 rings (SSSR count). The molecule has 0 aliphatic carbocycles. The normalized spacial score (nSPS) is 19.9. The van der Waals surface area contributed by atoms with Gasteiger partial charge >= 0.3 is 6.09 Å². The minimum atomic E-state index is -1.04. The minimum absolute atomic E-state index is 0.108. The van der Waals surface area contributed by atoms with Gasteiger partial charge in [-0.2, -0.15) is 5.26 Å². The Balaban J connectivity index is 2.62. The number of nitrogens with one attached hydrogen (secondary N) is 2. The first-order valence-corrected chi connectivity index (χ1v) is 7.27. The van der Waals surface area contributed by atoms with Gasteiger partial charge in [-0.05, 0) is 25.2 Å². The first-order valence-electron chi connectivity index (χ1n) is 7.27. The lowest BCUT2D eigenvalue weighted by atomic mass is 9.98. The van der Waals surface area contributed by atoms with Crippen molar-refractivity contribution >= 4 is 17.9 Å². The molecule has 8 nitrogen and oxygen atoms in total. The summed E-state index contributed by atoms with van der Waals surface area (Å²) >= 11 is 0. The Morgan fingerprint density at radius 1 is 1.55 bits per heavy atom. The molecule has 1 aliphatic rings. The highest BCUT2D eigenvalue weighted by Gasteiger charge is 2.30. The van der Waals surface area contributed by atoms with E-state index in [1.165, 1.54) is 0 Å². The number of ether oxygens (including phenoxy) is 1. The van der Waals surface area contributed by atoms with Gasteiger partial charge in [-0.15, -0.1) is 0 Å². The molecule has 1 fully saturated rings. The Morgan fingerprint density at radius 3 is 2.68 bits per heavy atom. The number of rotatable bonds is 7. The second kappa shape index (κ2) is 8.22. The van der Waals surface area contributed by atoms with Crippen molar-refractivity contribution in [2.24, 2.45) is 17.6 Å². The van der Waals surface area contributed by atoms with Crippen LogP contribution in [0.5, 0.6) is 0 Å². The van der Waals surface area contributed by atoms with Crippen molar-refractivity contribution in [1.82, 2.24) is 10.6 Å². The van der Waals surface area contributed by atoms with Gasteiger partial charge in [0.2, 0.25) is 5.91 Å². The standard InChI is InChI=1S/C14H22N4O4/c1-8(2)5-11(22-14(16)21)13(20)18-10(7-15)6-9-3-4-17-12(9)19/h8-11H,3-6H2,1-2H3,(H2,16,21)(H,17,19)(H,18,20)/t9-,10-,11-/m0/s1. The van der Waals surface area contributed by atoms with E-state index in [2.05, 4.69) is 10.6 Å². The Hall–Kier alpha value is -2.30. The Kier molecular flexibility index (Phi) is 6.63. The molecule has 0 aromatic heterocycles. The SMILES string of the molecule is CC(C)C[C@H](OC(N)=O)C(=O)N[C@H](C#N)C[C@@H]1CCNC1=O. The van der Waals surface area contributed by atoms with Crippen molar-refractivity contribution < 1.29 is 19.1 Å². The quantitative estimate of drug-likeness (QED) is 0.610. The third-order valence-electron chi connectivity index (χ3n) is 3.39. The highest BCUT2D eigenvalue weighted by atomic mass is 16.6. The van der Waals surface area contributed by atoms with Crippen molar-refractivity contribution in [1.29, 1.82) is 5.26 Å². The summed E-state index contributed by atoms with van der Waals surface area (Å²) in [6.45, 7) is 4.32. The number of carbonyl (C=O) groups is 3. The predicted octanol–water partition coefficient (Wildman–Crippen LogP) is 0.0310. The lowest BCUT2D eigenvalue weighted by Crippen LogP contribution is -2.45. The van der Waals surface area contributed by atoms with E-state index < -0.39 is 24.1 Å². The molecule has 22 heavy (non-hydrogen) atoms. The molecule has 4 N–H and O–H groups in total. The molecule has 3 amide bonds. The predicted molar refractivity (Wildman–Crippen MR) is 77.2 cm³/mol. The van der Waals surface area contributed by atoms with Crippen molar-refractivity contribution in [3.05, 3.63) is 0 Å². The molecule has 0 aromatic rings. The number of hydrogen-bond donors (Lipinski definition) is 3. The van der Waals surface area contributed by atoms with Crippen LogP contribution in [0.1, 0.15) is 33.1 Å². The van der Waals surface area contributed by atoms with E-state index in [1.807, 2.05) is 19.9 Å². The van der Waals surface area contributed by atoms with E-state index in [4.69, 9.17) is 15.7 Å². The smallest absolute Gasteiger partial charge is 0.405 e. The summed E-state index contributed by atoms with van der Waals surface area (Å²) in [6, 6.07) is 1.15. The molecular formula is C14H22N4O4. The van der Waals surface area contributed by atoms with Crippen LogP contribution in [0, 0.1) is 23.2 Å². The summed E-state index contributed by atoms with van der Waals surface area (Å²) < 4.78 is 4.80. The molecule has 0 spiro atoms. The minimum Gasteiger partial charge on any atom is -0.436 e. The number of nitrogens with zero attached hydrogens (tertiary/aromatic N) is 1. The third kappa shape index (κ3) is 5.60. The third-order valence-corrected chi connectivity index (χ3v) is 3.39. The zero-order chi connectivity index (χ0) is 16.7. The molecular weight excluding hydrogens is 288 g/mol. The lowest BCUT2D eigenvalue weighted by Gasteiger charge is -2.21. The van der Waals surface area contributed by atoms with Crippen molar-refractivity contribution in [3.8, 4) is 6.07 Å². The molecule has 1 heterocycles. The molecule has 0 unspecified atom stereocenters. The Bertz CT molecular complexity index is 472. The van der Waals surface area contributed by atoms with Crippen LogP contribution in [0.25, 0.3) is 0 Å². The summed E-state index contributed by atoms with van der Waals surface area (Å²) in [5.41, 5.74) is 4.96. The highest BCUT2D eigenvalue weighted by Crippen LogP contribution is 2.16. The van der Waals surface area contributed by atoms with Gasteiger partial charge < -0.3 is 21.1 Å². The van der Waals surface area contributed by atoms with E-state index in [0.29, 0.717) is 19.4 Å². The van der Waals surface area contributed by atoms with Crippen molar-refractivity contribution in [2.75, 3.05) is 6.54 Å². The average molecular weight is 310 g/mol. The summed E-state index contributed by atoms with van der Waals surface area (Å²) in [7, 11) is 0. The van der Waals surface area contributed by atoms with Gasteiger partial charge in [-0.3, -0.25) is 9.59 Å². The van der Waals surface area contributed by atoms with Gasteiger partial charge in [-0.1, -0.05) is 13.8 Å². The fourth-order valence-electron chi connectivity index (χ4n) is 2.34. The van der Waals surface area contributed by atoms with Crippen LogP contribution in [0.3, 0.4) is 0 Å². The number of amides is 3. The Labute approximate surface area is 129 Å². The van der Waals surface area contributed by atoms with Crippen LogP contribution in [0.2, 0.25) is 0 Å². The van der Waals surface area contributed by atoms with E-state index in [0.717, 1.165) is 0 Å². The van der Waals surface area contributed by atoms with E-state index in [-0.39, 0.29) is 24.2 Å². The van der Waals surface area contributed by atoms with Gasteiger partial charge in [-0.25, -0.2) is 4.79 Å². The maximum Gasteiger partial charge on any atom is 0.405 e. The molecule has 1 aliphatic heterocycles. The van der Waals surface area contributed by atoms with Crippen LogP contribution < -0.4 is 16.4 Å². The molecule has 0 saturated carbocycles. The molecule has 0 bridgehead atoms. The summed E-state index contributed by atoms with van der Waals surface area (Å²) in [5.74, 6) is -0.860. The number of carbonyl (C=O) groups excluding carboxylic acids is 3. The monoisotopic (exact) mass is 310 g/mol. The topological polar surface area (TPSA) is 134 Å². The number of hydrogen-bond acceptors (Lipinski definition) is 5. The van der Waals surface area contributed by atoms with E-state index in [9.17, 15) is 14.4 Å². The number of primary amides is 1. The maximum absolute atomic E-state index is 12.1. The van der Waals surface area contributed by atoms with Gasteiger partial charge in [0.1, 0.15) is 6.04 Å². The molecule has 3 atom stereocenters. The lowest BCUT2D eigenvalue weighted by molar-refractivity contribution is -0.131. The molecule has 1 saturated heterocycles. The molecule has 8 heteroatoms. The summed E-state index contributed by atoms with van der Waals surface area (Å²) in [6.07, 6.45) is -0.897. The number of nitriles is 1. The average Bonchev–Trinajstić information content (AvgIpc) is 2.81. The second-order valence-corrected chi connectivity index (χ2v) is 5.76. The molecule has 122 valence electrons. The molecule has 0 aromatic carbocycles. The zero-order valence-corrected chi connectivity index (χ0v) is 12.8. The van der Waals surface area contributed by atoms with Crippen molar-refractivity contribution in [2.45, 2.75) is 45.3 Å². The van der Waals surface area contributed by atoms with Crippen LogP contribution in [0.4, 0.5) is 4.79 Å². The van der Waals surface area contributed by atoms with Gasteiger partial charge in [0.05, 0.1) is 6.07 Å². The summed E-state index contributed by atoms with van der Waals surface area (Å²) in [5, 5.41) is 14.3. The van der Waals surface area contributed by atoms with Crippen LogP contribution in [-0.4, -0.2) is 36.6 Å². The number of nitrogens with two attached hydrogens (primary N) is 1. The summed E-state index contributed by atoms with van der Waals surface area (Å²) in [4.78, 5) is 34.5. The zero-order valence-electron chi connectivity index (χ0n) is 12.8. The van der Waals surface area contributed by atoms with E-state index in [1.54, 1.807) is 0 Å². The fraction of sp³-hybridized carbons (Fsp3) is 0.714. The fourth-order valence-corrected chi connectivity index (χ4v) is 2.34. The molecule has 0 radical (unpaired) electrons.